The van der Waals surface area contributed by atoms with Crippen LogP contribution in [0.3, 0.4) is 0 Å². The molecule has 2 rings (SSSR count). The van der Waals surface area contributed by atoms with Gasteiger partial charge in [0.1, 0.15) is 6.33 Å². The van der Waals surface area contributed by atoms with E-state index < -0.39 is 0 Å². The largest absolute Gasteiger partial charge is 0.326 e. The first-order chi connectivity index (χ1) is 9.70. The zero-order valence-electron chi connectivity index (χ0n) is 11.6. The topological polar surface area (TPSA) is 84.7 Å². The first-order valence-electron chi connectivity index (χ1n) is 6.55. The van der Waals surface area contributed by atoms with E-state index in [9.17, 15) is 4.79 Å². The van der Waals surface area contributed by atoms with Crippen molar-refractivity contribution in [3.63, 3.8) is 0 Å². The van der Waals surface area contributed by atoms with E-state index in [2.05, 4.69) is 26.2 Å². The molecule has 1 aromatic carbocycles. The summed E-state index contributed by atoms with van der Waals surface area (Å²) < 4.78 is 1.59. The van der Waals surface area contributed by atoms with E-state index in [0.717, 1.165) is 23.5 Å². The molecule has 2 aromatic rings. The lowest BCUT2D eigenvalue weighted by Gasteiger charge is -2.09. The van der Waals surface area contributed by atoms with Crippen molar-refractivity contribution in [2.45, 2.75) is 20.3 Å². The molecular weight excluding hydrogens is 256 g/mol. The summed E-state index contributed by atoms with van der Waals surface area (Å²) >= 11 is 0. The molecule has 1 aromatic heterocycles. The van der Waals surface area contributed by atoms with Crippen LogP contribution < -0.4 is 10.6 Å². The first kappa shape index (κ1) is 14.1. The Bertz CT molecular complexity index is 566. The number of amides is 1. The van der Waals surface area contributed by atoms with Crippen LogP contribution >= 0.6 is 0 Å². The van der Waals surface area contributed by atoms with Gasteiger partial charge in [-0.3, -0.25) is 4.79 Å². The Morgan fingerprint density at radius 2 is 2.25 bits per heavy atom. The number of aryl methyl sites for hydroxylation is 1. The number of nitrogens with zero attached hydrogens (tertiary/aromatic N) is 4. The summed E-state index contributed by atoms with van der Waals surface area (Å²) in [6.45, 7) is 5.52. The molecule has 0 aliphatic heterocycles. The van der Waals surface area contributed by atoms with Crippen LogP contribution in [0.25, 0.3) is 5.69 Å². The van der Waals surface area contributed by atoms with Crippen molar-refractivity contribution in [2.75, 3.05) is 18.4 Å². The molecule has 0 unspecified atom stereocenters. The molecule has 0 bridgehead atoms. The number of carbonyl (C=O) groups is 1. The average Bonchev–Trinajstić information content (AvgIpc) is 2.93. The van der Waals surface area contributed by atoms with E-state index >= 15 is 0 Å². The van der Waals surface area contributed by atoms with E-state index in [1.54, 1.807) is 4.68 Å². The Hall–Kier alpha value is -2.28. The van der Waals surface area contributed by atoms with Gasteiger partial charge in [0, 0.05) is 18.7 Å². The molecular formula is C13H18N6O. The lowest BCUT2D eigenvalue weighted by Crippen LogP contribution is -2.21. The number of rotatable bonds is 6. The van der Waals surface area contributed by atoms with Gasteiger partial charge in [-0.2, -0.15) is 0 Å². The molecule has 20 heavy (non-hydrogen) atoms. The quantitative estimate of drug-likeness (QED) is 0.765. The lowest BCUT2D eigenvalue weighted by atomic mass is 10.1. The van der Waals surface area contributed by atoms with E-state index in [4.69, 9.17) is 0 Å². The maximum absolute atomic E-state index is 11.7. The van der Waals surface area contributed by atoms with Gasteiger partial charge in [-0.25, -0.2) is 4.68 Å². The molecule has 0 atom stereocenters. The minimum absolute atomic E-state index is 0.000484. The molecule has 0 saturated heterocycles. The highest BCUT2D eigenvalue weighted by atomic mass is 16.1. The highest BCUT2D eigenvalue weighted by molar-refractivity contribution is 5.91. The van der Waals surface area contributed by atoms with Crippen molar-refractivity contribution >= 4 is 11.6 Å². The van der Waals surface area contributed by atoms with Gasteiger partial charge in [-0.05, 0) is 47.7 Å². The van der Waals surface area contributed by atoms with E-state index in [-0.39, 0.29) is 5.91 Å². The van der Waals surface area contributed by atoms with Crippen molar-refractivity contribution in [1.29, 1.82) is 0 Å². The Labute approximate surface area is 117 Å². The molecule has 0 fully saturated rings. The molecule has 0 saturated carbocycles. The van der Waals surface area contributed by atoms with Gasteiger partial charge in [-0.1, -0.05) is 6.92 Å². The van der Waals surface area contributed by atoms with Gasteiger partial charge in [0.25, 0.3) is 0 Å². The highest BCUT2D eigenvalue weighted by Gasteiger charge is 2.06. The standard InChI is InChI=1S/C13H18N6O/c1-3-14-7-6-13(20)16-11-4-5-12(10(2)8-11)19-9-15-17-18-19/h4-5,8-9,14H,3,6-7H2,1-2H3,(H,16,20). The molecule has 2 N–H and O–H groups in total. The highest BCUT2D eigenvalue weighted by Crippen LogP contribution is 2.17. The van der Waals surface area contributed by atoms with Crippen LogP contribution in [0.15, 0.2) is 24.5 Å². The SMILES string of the molecule is CCNCCC(=O)Nc1ccc(-n2cnnn2)c(C)c1. The third kappa shape index (κ3) is 3.61. The second-order valence-electron chi connectivity index (χ2n) is 4.41. The number of hydrogen-bond acceptors (Lipinski definition) is 5. The number of hydrogen-bond donors (Lipinski definition) is 2. The Morgan fingerprint density at radius 3 is 2.90 bits per heavy atom. The second kappa shape index (κ2) is 6.76. The van der Waals surface area contributed by atoms with Crippen molar-refractivity contribution in [3.05, 3.63) is 30.1 Å². The number of anilines is 1. The maximum Gasteiger partial charge on any atom is 0.225 e. The summed E-state index contributed by atoms with van der Waals surface area (Å²) in [6.07, 6.45) is 2.00. The summed E-state index contributed by atoms with van der Waals surface area (Å²) in [4.78, 5) is 11.7. The fourth-order valence-electron chi connectivity index (χ4n) is 1.86. The maximum atomic E-state index is 11.7. The van der Waals surface area contributed by atoms with Crippen molar-refractivity contribution in [1.82, 2.24) is 25.5 Å². The molecule has 7 heteroatoms. The number of aromatic nitrogens is 4. The van der Waals surface area contributed by atoms with Gasteiger partial charge >= 0.3 is 0 Å². The third-order valence-corrected chi connectivity index (χ3v) is 2.86. The summed E-state index contributed by atoms with van der Waals surface area (Å²) in [6, 6.07) is 5.63. The van der Waals surface area contributed by atoms with Gasteiger partial charge in [-0.15, -0.1) is 5.10 Å². The normalized spacial score (nSPS) is 10.5. The Balaban J connectivity index is 2.00. The van der Waals surface area contributed by atoms with Crippen molar-refractivity contribution in [3.8, 4) is 5.69 Å². The second-order valence-corrected chi connectivity index (χ2v) is 4.41. The zero-order chi connectivity index (χ0) is 14.4. The van der Waals surface area contributed by atoms with Gasteiger partial charge < -0.3 is 10.6 Å². The molecule has 0 radical (unpaired) electrons. The Morgan fingerprint density at radius 1 is 1.40 bits per heavy atom. The molecule has 1 amide bonds. The van der Waals surface area contributed by atoms with Gasteiger partial charge in [0.15, 0.2) is 0 Å². The van der Waals surface area contributed by atoms with E-state index in [0.29, 0.717) is 13.0 Å². The van der Waals surface area contributed by atoms with Crippen LogP contribution in [-0.2, 0) is 4.79 Å². The minimum atomic E-state index is 0.000484. The smallest absolute Gasteiger partial charge is 0.225 e. The number of tetrazole rings is 1. The fourth-order valence-corrected chi connectivity index (χ4v) is 1.86. The molecule has 1 heterocycles. The summed E-state index contributed by atoms with van der Waals surface area (Å²) in [5.74, 6) is 0.000484. The van der Waals surface area contributed by atoms with E-state index in [1.165, 1.54) is 6.33 Å². The lowest BCUT2D eigenvalue weighted by molar-refractivity contribution is -0.116. The first-order valence-corrected chi connectivity index (χ1v) is 6.55. The average molecular weight is 274 g/mol. The van der Waals surface area contributed by atoms with Crippen LogP contribution in [-0.4, -0.2) is 39.2 Å². The fraction of sp³-hybridized carbons (Fsp3) is 0.385. The summed E-state index contributed by atoms with van der Waals surface area (Å²) in [5.41, 5.74) is 2.66. The molecule has 7 nitrogen and oxygen atoms in total. The van der Waals surface area contributed by atoms with E-state index in [1.807, 2.05) is 32.0 Å². The predicted molar refractivity (Wildman–Crippen MR) is 75.7 cm³/mol. The van der Waals surface area contributed by atoms with Crippen LogP contribution in [0.2, 0.25) is 0 Å². The zero-order valence-corrected chi connectivity index (χ0v) is 11.6. The van der Waals surface area contributed by atoms with Crippen molar-refractivity contribution in [2.24, 2.45) is 0 Å². The van der Waals surface area contributed by atoms with Crippen LogP contribution in [0.4, 0.5) is 5.69 Å². The molecule has 106 valence electrons. The predicted octanol–water partition coefficient (Wildman–Crippen LogP) is 0.909. The molecule has 0 spiro atoms. The summed E-state index contributed by atoms with van der Waals surface area (Å²) in [7, 11) is 0. The van der Waals surface area contributed by atoms with Gasteiger partial charge in [0.05, 0.1) is 5.69 Å². The van der Waals surface area contributed by atoms with Crippen LogP contribution in [0.5, 0.6) is 0 Å². The molecule has 0 aliphatic carbocycles. The number of benzene rings is 1. The monoisotopic (exact) mass is 274 g/mol. The molecule has 0 aliphatic rings. The third-order valence-electron chi connectivity index (χ3n) is 2.86. The Kier molecular flexibility index (Phi) is 4.78. The number of nitrogens with one attached hydrogen (secondary N) is 2. The van der Waals surface area contributed by atoms with Crippen molar-refractivity contribution < 1.29 is 4.79 Å². The number of carbonyl (C=O) groups excluding carboxylic acids is 1. The summed E-state index contributed by atoms with van der Waals surface area (Å²) in [5, 5.41) is 17.1. The van der Waals surface area contributed by atoms with Crippen LogP contribution in [0.1, 0.15) is 18.9 Å². The minimum Gasteiger partial charge on any atom is -0.326 e. The van der Waals surface area contributed by atoms with Crippen LogP contribution in [0, 0.1) is 6.92 Å². The van der Waals surface area contributed by atoms with Gasteiger partial charge in [0.2, 0.25) is 5.91 Å².